The minimum absolute atomic E-state index is 0.0646. The molecule has 0 saturated heterocycles. The predicted octanol–water partition coefficient (Wildman–Crippen LogP) is 9.53. The fourth-order valence-electron chi connectivity index (χ4n) is 5.90. The van der Waals surface area contributed by atoms with E-state index in [-0.39, 0.29) is 12.1 Å². The highest BCUT2D eigenvalue weighted by atomic mass is 16.6. The molecule has 4 aromatic carbocycles. The number of hydrogen-bond acceptors (Lipinski definition) is 5. The van der Waals surface area contributed by atoms with Gasteiger partial charge in [0.25, 0.3) is 0 Å². The maximum absolute atomic E-state index is 12.9. The van der Waals surface area contributed by atoms with Crippen molar-refractivity contribution in [2.24, 2.45) is 0 Å². The molecule has 0 heterocycles. The van der Waals surface area contributed by atoms with Crippen LogP contribution in [-0.4, -0.2) is 41.3 Å². The van der Waals surface area contributed by atoms with E-state index in [1.54, 1.807) is 24.3 Å². The van der Waals surface area contributed by atoms with Gasteiger partial charge in [0.15, 0.2) is 0 Å². The van der Waals surface area contributed by atoms with Crippen LogP contribution in [0.15, 0.2) is 103 Å². The fourth-order valence-corrected chi connectivity index (χ4v) is 5.90. The summed E-state index contributed by atoms with van der Waals surface area (Å²) in [5.41, 5.74) is 4.44. The second-order valence-electron chi connectivity index (χ2n) is 13.0. The van der Waals surface area contributed by atoms with E-state index in [9.17, 15) is 19.5 Å². The Bertz CT molecular complexity index is 1720. The van der Waals surface area contributed by atoms with E-state index in [0.29, 0.717) is 54.9 Å². The normalized spacial score (nSPS) is 16.2. The molecule has 1 aliphatic carbocycles. The van der Waals surface area contributed by atoms with Gasteiger partial charge in [0.05, 0.1) is 5.69 Å². The first-order chi connectivity index (χ1) is 23.1. The molecule has 2 amide bonds. The lowest BCUT2D eigenvalue weighted by Crippen LogP contribution is -2.47. The molecule has 0 atom stereocenters. The van der Waals surface area contributed by atoms with Crippen LogP contribution < -0.4 is 15.0 Å². The van der Waals surface area contributed by atoms with Crippen LogP contribution in [0.2, 0.25) is 0 Å². The maximum atomic E-state index is 12.9. The molecule has 4 aromatic rings. The Kier molecular flexibility index (Phi) is 11.0. The Morgan fingerprint density at radius 1 is 0.854 bits per heavy atom. The van der Waals surface area contributed by atoms with Crippen LogP contribution in [0.4, 0.5) is 15.3 Å². The molecule has 0 spiro atoms. The molecule has 8 nitrogen and oxygen atoms in total. The van der Waals surface area contributed by atoms with Crippen molar-refractivity contribution in [3.05, 3.63) is 120 Å². The summed E-state index contributed by atoms with van der Waals surface area (Å²) in [5.74, 6) is 1.36. The molecule has 248 valence electrons. The van der Waals surface area contributed by atoms with Crippen LogP contribution in [0.25, 0.3) is 17.2 Å². The number of rotatable bonds is 10. The monoisotopic (exact) mass is 646 g/mol. The molecule has 1 fully saturated rings. The summed E-state index contributed by atoms with van der Waals surface area (Å²) in [4.78, 5) is 37.6. The molecule has 0 aliphatic heterocycles. The van der Waals surface area contributed by atoms with E-state index in [2.05, 4.69) is 11.4 Å². The third-order valence-corrected chi connectivity index (χ3v) is 8.19. The van der Waals surface area contributed by atoms with Crippen molar-refractivity contribution in [2.45, 2.75) is 70.6 Å². The number of benzene rings is 4. The quantitative estimate of drug-likeness (QED) is 0.166. The Hall–Kier alpha value is -5.37. The van der Waals surface area contributed by atoms with Crippen LogP contribution in [0.5, 0.6) is 11.5 Å². The van der Waals surface area contributed by atoms with Crippen LogP contribution in [0.3, 0.4) is 0 Å². The van der Waals surface area contributed by atoms with Gasteiger partial charge in [-0.2, -0.15) is 0 Å². The van der Waals surface area contributed by atoms with Gasteiger partial charge in [-0.15, -0.1) is 0 Å². The third kappa shape index (κ3) is 9.35. The van der Waals surface area contributed by atoms with Crippen molar-refractivity contribution in [1.29, 1.82) is 0 Å². The first kappa shape index (κ1) is 34.0. The first-order valence-electron chi connectivity index (χ1n) is 16.3. The lowest BCUT2D eigenvalue weighted by Gasteiger charge is -2.36. The van der Waals surface area contributed by atoms with Gasteiger partial charge in [-0.25, -0.2) is 9.59 Å². The number of allylic oxidation sites excluding steroid dienone is 1. The molecule has 48 heavy (non-hydrogen) atoms. The highest BCUT2D eigenvalue weighted by Crippen LogP contribution is 2.37. The smallest absolute Gasteiger partial charge is 0.412 e. The zero-order valence-electron chi connectivity index (χ0n) is 27.6. The van der Waals surface area contributed by atoms with E-state index in [1.165, 1.54) is 4.90 Å². The summed E-state index contributed by atoms with van der Waals surface area (Å²) >= 11 is 0. The summed E-state index contributed by atoms with van der Waals surface area (Å²) in [6.07, 6.45) is 6.66. The van der Waals surface area contributed by atoms with Gasteiger partial charge >= 0.3 is 12.2 Å². The van der Waals surface area contributed by atoms with Gasteiger partial charge in [-0.1, -0.05) is 66.7 Å². The molecule has 0 bridgehead atoms. The van der Waals surface area contributed by atoms with Crippen LogP contribution in [0, 0.1) is 0 Å². The molecule has 5 rings (SSSR count). The first-order valence-corrected chi connectivity index (χ1v) is 16.3. The summed E-state index contributed by atoms with van der Waals surface area (Å²) in [5, 5.41) is 13.5. The van der Waals surface area contributed by atoms with Gasteiger partial charge in [0, 0.05) is 23.2 Å². The van der Waals surface area contributed by atoms with E-state index >= 15 is 0 Å². The number of alkyl carbamates (subject to hydrolysis) is 1. The molecule has 0 radical (unpaired) electrons. The fraction of sp³-hybridized carbons (Fsp3) is 0.275. The number of hydrogen-bond donors (Lipinski definition) is 2. The predicted molar refractivity (Wildman–Crippen MR) is 189 cm³/mol. The van der Waals surface area contributed by atoms with Crippen LogP contribution >= 0.6 is 0 Å². The number of ether oxygens (including phenoxy) is 2. The van der Waals surface area contributed by atoms with Crippen molar-refractivity contribution < 1.29 is 29.0 Å². The van der Waals surface area contributed by atoms with Crippen molar-refractivity contribution in [2.75, 3.05) is 4.90 Å². The van der Waals surface area contributed by atoms with Crippen molar-refractivity contribution in [3.63, 3.8) is 0 Å². The average Bonchev–Trinajstić information content (AvgIpc) is 3.06. The zero-order chi connectivity index (χ0) is 34.1. The molecular weight excluding hydrogens is 604 g/mol. The maximum Gasteiger partial charge on any atom is 0.412 e. The van der Waals surface area contributed by atoms with Gasteiger partial charge in [0.1, 0.15) is 23.4 Å². The zero-order valence-corrected chi connectivity index (χ0v) is 27.6. The summed E-state index contributed by atoms with van der Waals surface area (Å²) in [6, 6.07) is 30.3. The van der Waals surface area contributed by atoms with E-state index in [0.717, 1.165) is 28.5 Å². The van der Waals surface area contributed by atoms with Crippen LogP contribution in [-0.2, 0) is 11.2 Å². The summed E-state index contributed by atoms with van der Waals surface area (Å²) < 4.78 is 11.3. The molecule has 1 saturated carbocycles. The van der Waals surface area contributed by atoms with Gasteiger partial charge in [-0.05, 0) is 112 Å². The lowest BCUT2D eigenvalue weighted by molar-refractivity contribution is 0.0490. The molecule has 8 heteroatoms. The summed E-state index contributed by atoms with van der Waals surface area (Å²) in [6.45, 7) is 5.49. The number of carboxylic acid groups (broad SMARTS) is 1. The van der Waals surface area contributed by atoms with Crippen LogP contribution in [0.1, 0.15) is 67.9 Å². The number of anilines is 1. The number of carbonyl (C=O) groups is 3. The minimum atomic E-state index is -1.00. The van der Waals surface area contributed by atoms with Gasteiger partial charge in [-0.3, -0.25) is 9.69 Å². The summed E-state index contributed by atoms with van der Waals surface area (Å²) in [7, 11) is 0. The number of aldehydes is 1. The molecule has 1 aliphatic rings. The Labute approximate surface area is 282 Å². The SMILES string of the molecule is CC(C)(C)OC(=O)NC1CCC(N(C(=O)O)c2cc(C=CCc3ccc(Oc4ccc(C=O)cc4)cc3)ccc2-c2ccccc2)CC1. The van der Waals surface area contributed by atoms with E-state index < -0.39 is 17.8 Å². The largest absolute Gasteiger partial charge is 0.465 e. The minimum Gasteiger partial charge on any atom is -0.465 e. The molecular formula is C40H42N2O6. The van der Waals surface area contributed by atoms with Gasteiger partial charge in [0.2, 0.25) is 0 Å². The Morgan fingerprint density at radius 2 is 1.48 bits per heavy atom. The standard InChI is InChI=1S/C40H42N2O6/c1-40(2,3)48-38(44)41-32-17-19-33(20-18-32)42(39(45)46)37-26-29(16-25-36(37)31-10-5-4-6-11-31)9-7-8-28-12-21-34(22-13-28)47-35-23-14-30(27-43)15-24-35/h4-7,9-16,21-27,32-33H,8,17-20H2,1-3H3,(H,41,44)(H,45,46). The Balaban J connectivity index is 1.30. The average molecular weight is 647 g/mol. The number of nitrogens with one attached hydrogen (secondary N) is 1. The molecule has 0 unspecified atom stereocenters. The number of carbonyl (C=O) groups excluding carboxylic acids is 2. The van der Waals surface area contributed by atoms with Crippen molar-refractivity contribution >= 4 is 30.2 Å². The topological polar surface area (TPSA) is 105 Å². The Morgan fingerprint density at radius 3 is 2.08 bits per heavy atom. The molecule has 0 aromatic heterocycles. The van der Waals surface area contributed by atoms with Gasteiger partial charge < -0.3 is 19.9 Å². The third-order valence-electron chi connectivity index (χ3n) is 8.19. The van der Waals surface area contributed by atoms with E-state index in [1.807, 2.05) is 99.6 Å². The van der Waals surface area contributed by atoms with Crippen molar-refractivity contribution in [3.8, 4) is 22.6 Å². The van der Waals surface area contributed by atoms with E-state index in [4.69, 9.17) is 9.47 Å². The van der Waals surface area contributed by atoms with Crippen molar-refractivity contribution in [1.82, 2.24) is 5.32 Å². The highest BCUT2D eigenvalue weighted by Gasteiger charge is 2.32. The second kappa shape index (κ2) is 15.5. The molecule has 2 N–H and O–H groups in total. The lowest BCUT2D eigenvalue weighted by atomic mass is 9.89. The second-order valence-corrected chi connectivity index (χ2v) is 13.0. The highest BCUT2D eigenvalue weighted by molar-refractivity contribution is 5.94. The number of nitrogens with zero attached hydrogens (tertiary/aromatic N) is 1. The number of amides is 2.